The first-order valence-electron chi connectivity index (χ1n) is 5.05. The largest absolute Gasteiger partial charge is 0.496 e. The molecule has 0 amide bonds. The van der Waals surface area contributed by atoms with E-state index in [4.69, 9.17) is 10.5 Å². The summed E-state index contributed by atoms with van der Waals surface area (Å²) < 4.78 is 7.18. The van der Waals surface area contributed by atoms with Crippen molar-refractivity contribution in [1.82, 2.24) is 9.55 Å². The van der Waals surface area contributed by atoms with Gasteiger partial charge >= 0.3 is 0 Å². The van der Waals surface area contributed by atoms with E-state index in [0.717, 1.165) is 17.0 Å². The van der Waals surface area contributed by atoms with Gasteiger partial charge in [-0.2, -0.15) is 0 Å². The van der Waals surface area contributed by atoms with Crippen LogP contribution >= 0.6 is 0 Å². The van der Waals surface area contributed by atoms with Crippen LogP contribution in [0.1, 0.15) is 5.56 Å². The van der Waals surface area contributed by atoms with E-state index in [1.807, 2.05) is 30.7 Å². The van der Waals surface area contributed by atoms with E-state index in [2.05, 4.69) is 11.1 Å². The molecule has 1 aromatic carbocycles. The molecule has 4 nitrogen and oxygen atoms in total. The summed E-state index contributed by atoms with van der Waals surface area (Å²) in [5, 5.41) is 0. The molecule has 84 valence electrons. The molecule has 0 aliphatic heterocycles. The van der Waals surface area contributed by atoms with Crippen LogP contribution in [0, 0.1) is 6.92 Å². The number of imidazole rings is 1. The van der Waals surface area contributed by atoms with E-state index in [9.17, 15) is 0 Å². The minimum atomic E-state index is 0.499. The topological polar surface area (TPSA) is 53.1 Å². The predicted octanol–water partition coefficient (Wildman–Crippen LogP) is 1.99. The van der Waals surface area contributed by atoms with Crippen molar-refractivity contribution in [2.75, 3.05) is 12.8 Å². The lowest BCUT2D eigenvalue weighted by Crippen LogP contribution is -1.99. The standard InChI is InChI=1S/C12H15N3O/c1-8-4-5-11(16-3)9(6-8)10-7-14-12(13)15(10)2/h4-7H,1-3H3,(H2,13,14). The number of nitrogens with zero attached hydrogens (tertiary/aromatic N) is 2. The van der Waals surface area contributed by atoms with Crippen molar-refractivity contribution in [3.63, 3.8) is 0 Å². The Kier molecular flexibility index (Phi) is 2.56. The summed E-state index contributed by atoms with van der Waals surface area (Å²) in [6, 6.07) is 6.03. The molecule has 4 heteroatoms. The Morgan fingerprint density at radius 3 is 2.69 bits per heavy atom. The third-order valence-corrected chi connectivity index (χ3v) is 2.66. The molecule has 1 aromatic heterocycles. The summed E-state index contributed by atoms with van der Waals surface area (Å²) in [6.45, 7) is 2.04. The second-order valence-electron chi connectivity index (χ2n) is 3.76. The van der Waals surface area contributed by atoms with Crippen LogP contribution in [-0.4, -0.2) is 16.7 Å². The van der Waals surface area contributed by atoms with Gasteiger partial charge in [-0.15, -0.1) is 0 Å². The molecule has 2 N–H and O–H groups in total. The van der Waals surface area contributed by atoms with Crippen LogP contribution in [0.5, 0.6) is 5.75 Å². The first kappa shape index (κ1) is 10.5. The fraction of sp³-hybridized carbons (Fsp3) is 0.250. The number of methoxy groups -OCH3 is 1. The number of anilines is 1. The van der Waals surface area contributed by atoms with Crippen LogP contribution in [0.3, 0.4) is 0 Å². The maximum Gasteiger partial charge on any atom is 0.200 e. The van der Waals surface area contributed by atoms with Crippen molar-refractivity contribution >= 4 is 5.95 Å². The molecule has 16 heavy (non-hydrogen) atoms. The Bertz CT molecular complexity index is 517. The third kappa shape index (κ3) is 1.62. The molecule has 0 saturated heterocycles. The summed E-state index contributed by atoms with van der Waals surface area (Å²) >= 11 is 0. The van der Waals surface area contributed by atoms with E-state index in [1.54, 1.807) is 13.3 Å². The number of aromatic nitrogens is 2. The summed E-state index contributed by atoms with van der Waals surface area (Å²) in [4.78, 5) is 4.08. The highest BCUT2D eigenvalue weighted by molar-refractivity contribution is 5.69. The average Bonchev–Trinajstić information content (AvgIpc) is 2.60. The van der Waals surface area contributed by atoms with Gasteiger partial charge in [0.15, 0.2) is 5.95 Å². The SMILES string of the molecule is COc1ccc(C)cc1-c1cnc(N)n1C. The summed E-state index contributed by atoms with van der Waals surface area (Å²) in [5.41, 5.74) is 8.86. The van der Waals surface area contributed by atoms with Gasteiger partial charge in [-0.05, 0) is 19.1 Å². The van der Waals surface area contributed by atoms with Crippen LogP contribution in [0.25, 0.3) is 11.3 Å². The van der Waals surface area contributed by atoms with Crippen molar-refractivity contribution in [2.45, 2.75) is 6.92 Å². The Labute approximate surface area is 94.7 Å². The van der Waals surface area contributed by atoms with Gasteiger partial charge in [-0.3, -0.25) is 0 Å². The zero-order chi connectivity index (χ0) is 11.7. The number of ether oxygens (including phenoxy) is 1. The number of rotatable bonds is 2. The van der Waals surface area contributed by atoms with E-state index in [-0.39, 0.29) is 0 Å². The number of aryl methyl sites for hydroxylation is 1. The van der Waals surface area contributed by atoms with Crippen LogP contribution < -0.4 is 10.5 Å². The molecule has 2 rings (SSSR count). The Morgan fingerprint density at radius 2 is 2.12 bits per heavy atom. The highest BCUT2D eigenvalue weighted by Crippen LogP contribution is 2.31. The Morgan fingerprint density at radius 1 is 1.38 bits per heavy atom. The van der Waals surface area contributed by atoms with Gasteiger partial charge < -0.3 is 15.0 Å². The van der Waals surface area contributed by atoms with Crippen molar-refractivity contribution in [2.24, 2.45) is 7.05 Å². The highest BCUT2D eigenvalue weighted by atomic mass is 16.5. The van der Waals surface area contributed by atoms with Gasteiger partial charge in [0.1, 0.15) is 5.75 Å². The smallest absolute Gasteiger partial charge is 0.200 e. The minimum absolute atomic E-state index is 0.499. The molecule has 0 radical (unpaired) electrons. The lowest BCUT2D eigenvalue weighted by Gasteiger charge is -2.10. The molecule has 0 unspecified atom stereocenters. The Balaban J connectivity index is 2.62. The van der Waals surface area contributed by atoms with Crippen molar-refractivity contribution < 1.29 is 4.74 Å². The van der Waals surface area contributed by atoms with Gasteiger partial charge in [0.2, 0.25) is 0 Å². The fourth-order valence-corrected chi connectivity index (χ4v) is 1.70. The molecule has 0 atom stereocenters. The van der Waals surface area contributed by atoms with Crippen LogP contribution in [0.15, 0.2) is 24.4 Å². The number of nitrogen functional groups attached to an aromatic ring is 1. The number of nitrogens with two attached hydrogens (primary N) is 1. The molecule has 0 aliphatic carbocycles. The lowest BCUT2D eigenvalue weighted by atomic mass is 10.1. The maximum absolute atomic E-state index is 5.72. The zero-order valence-electron chi connectivity index (χ0n) is 9.69. The van der Waals surface area contributed by atoms with Crippen LogP contribution in [0.2, 0.25) is 0 Å². The van der Waals surface area contributed by atoms with E-state index in [1.165, 1.54) is 5.56 Å². The zero-order valence-corrected chi connectivity index (χ0v) is 9.69. The quantitative estimate of drug-likeness (QED) is 0.836. The molecular weight excluding hydrogens is 202 g/mol. The van der Waals surface area contributed by atoms with E-state index >= 15 is 0 Å². The average molecular weight is 217 g/mol. The summed E-state index contributed by atoms with van der Waals surface area (Å²) in [5.74, 6) is 1.33. The van der Waals surface area contributed by atoms with Gasteiger partial charge in [0.25, 0.3) is 0 Å². The van der Waals surface area contributed by atoms with Crippen molar-refractivity contribution in [3.8, 4) is 17.0 Å². The number of hydrogen-bond acceptors (Lipinski definition) is 3. The second kappa shape index (κ2) is 3.89. The Hall–Kier alpha value is -1.97. The first-order chi connectivity index (χ1) is 7.63. The summed E-state index contributed by atoms with van der Waals surface area (Å²) in [7, 11) is 3.55. The highest BCUT2D eigenvalue weighted by Gasteiger charge is 2.11. The molecule has 1 heterocycles. The van der Waals surface area contributed by atoms with Crippen molar-refractivity contribution in [1.29, 1.82) is 0 Å². The second-order valence-corrected chi connectivity index (χ2v) is 3.76. The summed E-state index contributed by atoms with van der Waals surface area (Å²) in [6.07, 6.45) is 1.76. The fourth-order valence-electron chi connectivity index (χ4n) is 1.70. The van der Waals surface area contributed by atoms with E-state index in [0.29, 0.717) is 5.95 Å². The molecule has 0 bridgehead atoms. The molecule has 0 spiro atoms. The monoisotopic (exact) mass is 217 g/mol. The van der Waals surface area contributed by atoms with Crippen LogP contribution in [0.4, 0.5) is 5.95 Å². The molecule has 0 aliphatic rings. The molecule has 0 saturated carbocycles. The van der Waals surface area contributed by atoms with E-state index < -0.39 is 0 Å². The molecular formula is C12H15N3O. The first-order valence-corrected chi connectivity index (χ1v) is 5.05. The molecule has 0 fully saturated rings. The minimum Gasteiger partial charge on any atom is -0.496 e. The van der Waals surface area contributed by atoms with Crippen LogP contribution in [-0.2, 0) is 7.05 Å². The predicted molar refractivity (Wildman–Crippen MR) is 64.3 cm³/mol. The lowest BCUT2D eigenvalue weighted by molar-refractivity contribution is 0.416. The molecule has 2 aromatic rings. The maximum atomic E-state index is 5.72. The number of hydrogen-bond donors (Lipinski definition) is 1. The third-order valence-electron chi connectivity index (χ3n) is 2.66. The van der Waals surface area contributed by atoms with Gasteiger partial charge in [-0.1, -0.05) is 11.6 Å². The number of benzene rings is 1. The van der Waals surface area contributed by atoms with Gasteiger partial charge in [0.05, 0.1) is 19.0 Å². The normalized spacial score (nSPS) is 10.4. The van der Waals surface area contributed by atoms with Gasteiger partial charge in [-0.25, -0.2) is 4.98 Å². The van der Waals surface area contributed by atoms with Crippen molar-refractivity contribution in [3.05, 3.63) is 30.0 Å². The van der Waals surface area contributed by atoms with Gasteiger partial charge in [0, 0.05) is 12.6 Å².